The first-order valence-corrected chi connectivity index (χ1v) is 7.10. The van der Waals surface area contributed by atoms with E-state index in [1.807, 2.05) is 25.7 Å². The van der Waals surface area contributed by atoms with Crippen molar-refractivity contribution in [3.8, 4) is 0 Å². The molecule has 1 aliphatic rings. The normalized spacial score (nSPS) is 16.4. The van der Waals surface area contributed by atoms with Gasteiger partial charge in [0.15, 0.2) is 0 Å². The molecule has 0 aliphatic carbocycles. The van der Waals surface area contributed by atoms with Crippen molar-refractivity contribution in [2.45, 2.75) is 26.3 Å². The van der Waals surface area contributed by atoms with Gasteiger partial charge in [0, 0.05) is 38.6 Å². The van der Waals surface area contributed by atoms with E-state index in [0.717, 1.165) is 38.5 Å². The monoisotopic (exact) mass is 277 g/mol. The van der Waals surface area contributed by atoms with Crippen molar-refractivity contribution in [2.24, 2.45) is 0 Å². The average Bonchev–Trinajstić information content (AvgIpc) is 2.47. The van der Waals surface area contributed by atoms with E-state index in [0.29, 0.717) is 0 Å². The van der Waals surface area contributed by atoms with E-state index in [-0.39, 0.29) is 5.91 Å². The summed E-state index contributed by atoms with van der Waals surface area (Å²) in [4.78, 5) is 24.9. The van der Waals surface area contributed by atoms with Crippen LogP contribution in [0.5, 0.6) is 0 Å². The Labute approximate surface area is 120 Å². The van der Waals surface area contributed by atoms with Crippen molar-refractivity contribution in [2.75, 3.05) is 37.6 Å². The van der Waals surface area contributed by atoms with Crippen LogP contribution < -0.4 is 10.2 Å². The fraction of sp³-hybridized carbons (Fsp3) is 0.643. The molecular weight excluding hydrogens is 254 g/mol. The van der Waals surface area contributed by atoms with Gasteiger partial charge < -0.3 is 15.1 Å². The van der Waals surface area contributed by atoms with Gasteiger partial charge in [0.2, 0.25) is 5.91 Å². The molecule has 0 aromatic carbocycles. The molecule has 1 amide bonds. The molecule has 0 radical (unpaired) electrons. The highest BCUT2D eigenvalue weighted by Crippen LogP contribution is 2.14. The molecule has 6 heteroatoms. The average molecular weight is 277 g/mol. The van der Waals surface area contributed by atoms with Crippen molar-refractivity contribution < 1.29 is 4.79 Å². The summed E-state index contributed by atoms with van der Waals surface area (Å²) < 4.78 is 0. The standard InChI is InChI=1S/C14H23N5O/c1-4-17-14(2,3)13(20)19-9-7-18(8-10-19)12-11-15-5-6-16-12/h5-6,11,17H,4,7-10H2,1-3H3. The number of hydrogen-bond donors (Lipinski definition) is 1. The van der Waals surface area contributed by atoms with Gasteiger partial charge in [0.25, 0.3) is 0 Å². The number of anilines is 1. The van der Waals surface area contributed by atoms with Gasteiger partial charge in [-0.15, -0.1) is 0 Å². The summed E-state index contributed by atoms with van der Waals surface area (Å²) in [5, 5.41) is 3.23. The Balaban J connectivity index is 1.93. The number of rotatable bonds is 4. The first-order chi connectivity index (χ1) is 9.54. The van der Waals surface area contributed by atoms with Crippen molar-refractivity contribution in [1.29, 1.82) is 0 Å². The topological polar surface area (TPSA) is 61.4 Å². The lowest BCUT2D eigenvalue weighted by Crippen LogP contribution is -2.58. The zero-order valence-electron chi connectivity index (χ0n) is 12.5. The lowest BCUT2D eigenvalue weighted by atomic mass is 10.0. The quantitative estimate of drug-likeness (QED) is 0.869. The summed E-state index contributed by atoms with van der Waals surface area (Å²) in [6.45, 7) is 9.73. The van der Waals surface area contributed by atoms with Crippen LogP contribution in [0, 0.1) is 0 Å². The summed E-state index contributed by atoms with van der Waals surface area (Å²) >= 11 is 0. The van der Waals surface area contributed by atoms with E-state index < -0.39 is 5.54 Å². The SMILES string of the molecule is CCNC(C)(C)C(=O)N1CCN(c2cnccn2)CC1. The molecule has 0 saturated carbocycles. The summed E-state index contributed by atoms with van der Waals surface area (Å²) in [6.07, 6.45) is 5.13. The molecule has 0 unspecified atom stereocenters. The van der Waals surface area contributed by atoms with E-state index >= 15 is 0 Å². The predicted octanol–water partition coefficient (Wildman–Crippen LogP) is 0.513. The predicted molar refractivity (Wildman–Crippen MR) is 78.6 cm³/mol. The van der Waals surface area contributed by atoms with Crippen LogP contribution >= 0.6 is 0 Å². The second-order valence-electron chi connectivity index (χ2n) is 5.50. The number of aromatic nitrogens is 2. The second-order valence-corrected chi connectivity index (χ2v) is 5.50. The molecule has 2 rings (SSSR count). The van der Waals surface area contributed by atoms with E-state index in [4.69, 9.17) is 0 Å². The minimum Gasteiger partial charge on any atom is -0.352 e. The number of nitrogens with one attached hydrogen (secondary N) is 1. The third-order valence-electron chi connectivity index (χ3n) is 3.59. The van der Waals surface area contributed by atoms with Crippen LogP contribution in [0.1, 0.15) is 20.8 Å². The number of carbonyl (C=O) groups is 1. The Morgan fingerprint density at radius 2 is 2.00 bits per heavy atom. The number of hydrogen-bond acceptors (Lipinski definition) is 5. The maximum absolute atomic E-state index is 12.5. The van der Waals surface area contributed by atoms with Crippen molar-refractivity contribution in [3.05, 3.63) is 18.6 Å². The molecule has 1 aromatic heterocycles. The number of nitrogens with zero attached hydrogens (tertiary/aromatic N) is 4. The molecule has 1 N–H and O–H groups in total. The Bertz CT molecular complexity index is 440. The van der Waals surface area contributed by atoms with Crippen molar-refractivity contribution in [1.82, 2.24) is 20.2 Å². The van der Waals surface area contributed by atoms with Crippen LogP contribution in [0.3, 0.4) is 0 Å². The van der Waals surface area contributed by atoms with Gasteiger partial charge in [-0.3, -0.25) is 9.78 Å². The minimum absolute atomic E-state index is 0.165. The largest absolute Gasteiger partial charge is 0.352 e. The zero-order valence-corrected chi connectivity index (χ0v) is 12.5. The molecule has 0 atom stereocenters. The maximum Gasteiger partial charge on any atom is 0.242 e. The lowest BCUT2D eigenvalue weighted by molar-refractivity contribution is -0.137. The van der Waals surface area contributed by atoms with Gasteiger partial charge in [-0.1, -0.05) is 6.92 Å². The van der Waals surface area contributed by atoms with Crippen molar-refractivity contribution >= 4 is 11.7 Å². The molecule has 110 valence electrons. The molecule has 1 fully saturated rings. The van der Waals surface area contributed by atoms with Crippen molar-refractivity contribution in [3.63, 3.8) is 0 Å². The Kier molecular flexibility index (Phi) is 4.54. The van der Waals surface area contributed by atoms with E-state index in [1.165, 1.54) is 0 Å². The van der Waals surface area contributed by atoms with Gasteiger partial charge >= 0.3 is 0 Å². The Hall–Kier alpha value is -1.69. The number of piperazine rings is 1. The smallest absolute Gasteiger partial charge is 0.242 e. The maximum atomic E-state index is 12.5. The Morgan fingerprint density at radius 1 is 1.30 bits per heavy atom. The van der Waals surface area contributed by atoms with Gasteiger partial charge in [0.05, 0.1) is 11.7 Å². The first kappa shape index (κ1) is 14.7. The zero-order chi connectivity index (χ0) is 14.6. The molecule has 1 aromatic rings. The fourth-order valence-corrected chi connectivity index (χ4v) is 2.51. The molecule has 2 heterocycles. The highest BCUT2D eigenvalue weighted by Gasteiger charge is 2.32. The highest BCUT2D eigenvalue weighted by atomic mass is 16.2. The molecule has 0 bridgehead atoms. The number of carbonyl (C=O) groups excluding carboxylic acids is 1. The van der Waals surface area contributed by atoms with E-state index in [1.54, 1.807) is 18.6 Å². The third kappa shape index (κ3) is 3.25. The van der Waals surface area contributed by atoms with E-state index in [9.17, 15) is 4.79 Å². The van der Waals surface area contributed by atoms with Gasteiger partial charge in [-0.25, -0.2) is 4.98 Å². The summed E-state index contributed by atoms with van der Waals surface area (Å²) in [6, 6.07) is 0. The van der Waals surface area contributed by atoms with Crippen LogP contribution in [0.2, 0.25) is 0 Å². The van der Waals surface area contributed by atoms with E-state index in [2.05, 4.69) is 20.2 Å². The van der Waals surface area contributed by atoms with Crippen LogP contribution in [-0.4, -0.2) is 59.0 Å². The van der Waals surface area contributed by atoms with Gasteiger partial charge in [-0.2, -0.15) is 0 Å². The van der Waals surface area contributed by atoms with Gasteiger partial charge in [-0.05, 0) is 20.4 Å². The van der Waals surface area contributed by atoms with Gasteiger partial charge in [0.1, 0.15) is 5.82 Å². The Morgan fingerprint density at radius 3 is 2.55 bits per heavy atom. The minimum atomic E-state index is -0.497. The van der Waals surface area contributed by atoms with Crippen LogP contribution in [0.15, 0.2) is 18.6 Å². The molecule has 1 aliphatic heterocycles. The van der Waals surface area contributed by atoms with Crippen LogP contribution in [0.4, 0.5) is 5.82 Å². The van der Waals surface area contributed by atoms with Crippen LogP contribution in [0.25, 0.3) is 0 Å². The highest BCUT2D eigenvalue weighted by molar-refractivity contribution is 5.85. The molecule has 0 spiro atoms. The fourth-order valence-electron chi connectivity index (χ4n) is 2.51. The third-order valence-corrected chi connectivity index (χ3v) is 3.59. The number of amides is 1. The number of likely N-dealkylation sites (N-methyl/N-ethyl adjacent to an activating group) is 1. The first-order valence-electron chi connectivity index (χ1n) is 7.10. The molecule has 20 heavy (non-hydrogen) atoms. The van der Waals surface area contributed by atoms with Crippen LogP contribution in [-0.2, 0) is 4.79 Å². The second kappa shape index (κ2) is 6.17. The summed E-state index contributed by atoms with van der Waals surface area (Å²) in [5.41, 5.74) is -0.497. The molecule has 1 saturated heterocycles. The lowest BCUT2D eigenvalue weighted by Gasteiger charge is -2.39. The molecule has 6 nitrogen and oxygen atoms in total. The molecular formula is C14H23N5O. The summed E-state index contributed by atoms with van der Waals surface area (Å²) in [7, 11) is 0. The summed E-state index contributed by atoms with van der Waals surface area (Å²) in [5.74, 6) is 1.05.